The maximum Gasteiger partial charge on any atom is 0.0847 e. The van der Waals surface area contributed by atoms with Gasteiger partial charge in [-0.1, -0.05) is 11.6 Å². The molecule has 0 radical (unpaired) electrons. The molecule has 0 spiro atoms. The average molecular weight is 245 g/mol. The van der Waals surface area contributed by atoms with Crippen molar-refractivity contribution in [3.63, 3.8) is 0 Å². The lowest BCUT2D eigenvalue weighted by Gasteiger charge is -2.24. The van der Waals surface area contributed by atoms with E-state index in [-0.39, 0.29) is 12.0 Å². The quantitative estimate of drug-likeness (QED) is 0.873. The van der Waals surface area contributed by atoms with Gasteiger partial charge < -0.3 is 9.84 Å². The van der Waals surface area contributed by atoms with Gasteiger partial charge in [0.25, 0.3) is 0 Å². The zero-order chi connectivity index (χ0) is 11.8. The van der Waals surface area contributed by atoms with Crippen molar-refractivity contribution in [3.8, 4) is 0 Å². The minimum atomic E-state index is -0.177. The molecule has 1 aliphatic rings. The summed E-state index contributed by atoms with van der Waals surface area (Å²) in [5, 5.41) is 14.5. The molecule has 4 nitrogen and oxygen atoms in total. The molecule has 1 fully saturated rings. The third kappa shape index (κ3) is 1.97. The summed E-state index contributed by atoms with van der Waals surface area (Å²) in [6.07, 6.45) is 1.60. The van der Waals surface area contributed by atoms with Crippen molar-refractivity contribution in [1.82, 2.24) is 9.78 Å². The van der Waals surface area contributed by atoms with Gasteiger partial charge in [-0.2, -0.15) is 5.10 Å². The topological polar surface area (TPSA) is 47.3 Å². The van der Waals surface area contributed by atoms with Gasteiger partial charge in [-0.05, 0) is 13.3 Å². The van der Waals surface area contributed by atoms with Crippen LogP contribution in [0.15, 0.2) is 0 Å². The van der Waals surface area contributed by atoms with Gasteiger partial charge in [0.05, 0.1) is 29.6 Å². The minimum absolute atomic E-state index is 0.132. The number of hydrogen-bond acceptors (Lipinski definition) is 3. The van der Waals surface area contributed by atoms with Crippen LogP contribution in [0.4, 0.5) is 0 Å². The van der Waals surface area contributed by atoms with E-state index in [1.54, 1.807) is 4.68 Å². The SMILES string of the molecule is Cc1nn(C)c(CC2(CO)CCOC2)c1Cl. The van der Waals surface area contributed by atoms with Crippen LogP contribution in [0, 0.1) is 12.3 Å². The first kappa shape index (κ1) is 11.9. The lowest BCUT2D eigenvalue weighted by atomic mass is 9.83. The summed E-state index contributed by atoms with van der Waals surface area (Å²) in [5.41, 5.74) is 1.65. The standard InChI is InChI=1S/C11H17ClN2O2/c1-8-10(12)9(14(2)13-8)5-11(6-15)3-4-16-7-11/h15H,3-7H2,1-2H3. The van der Waals surface area contributed by atoms with E-state index in [0.29, 0.717) is 11.6 Å². The van der Waals surface area contributed by atoms with Crippen LogP contribution in [0.1, 0.15) is 17.8 Å². The third-order valence-corrected chi connectivity index (χ3v) is 3.82. The van der Waals surface area contributed by atoms with Gasteiger partial charge in [-0.15, -0.1) is 0 Å². The van der Waals surface area contributed by atoms with E-state index in [0.717, 1.165) is 30.8 Å². The Kier molecular flexibility index (Phi) is 3.24. The molecule has 1 atom stereocenters. The lowest BCUT2D eigenvalue weighted by molar-refractivity contribution is 0.0921. The van der Waals surface area contributed by atoms with Crippen LogP contribution in [0.5, 0.6) is 0 Å². The van der Waals surface area contributed by atoms with Crippen molar-refractivity contribution >= 4 is 11.6 Å². The molecule has 1 N–H and O–H groups in total. The number of aliphatic hydroxyl groups excluding tert-OH is 1. The largest absolute Gasteiger partial charge is 0.396 e. The highest BCUT2D eigenvalue weighted by Crippen LogP contribution is 2.34. The van der Waals surface area contributed by atoms with Crippen LogP contribution in [0.3, 0.4) is 0 Å². The number of hydrogen-bond donors (Lipinski definition) is 1. The van der Waals surface area contributed by atoms with Crippen LogP contribution in [-0.2, 0) is 18.2 Å². The fourth-order valence-corrected chi connectivity index (χ4v) is 2.42. The summed E-state index contributed by atoms with van der Waals surface area (Å²) in [5.74, 6) is 0. The molecule has 0 aliphatic carbocycles. The van der Waals surface area contributed by atoms with Crippen molar-refractivity contribution in [3.05, 3.63) is 16.4 Å². The van der Waals surface area contributed by atoms with Crippen LogP contribution in [0.2, 0.25) is 5.02 Å². The van der Waals surface area contributed by atoms with Crippen molar-refractivity contribution in [2.45, 2.75) is 19.8 Å². The zero-order valence-corrected chi connectivity index (χ0v) is 10.4. The second kappa shape index (κ2) is 4.35. The minimum Gasteiger partial charge on any atom is -0.396 e. The highest BCUT2D eigenvalue weighted by molar-refractivity contribution is 6.31. The Morgan fingerprint density at radius 2 is 2.38 bits per heavy atom. The van der Waals surface area contributed by atoms with E-state index < -0.39 is 0 Å². The van der Waals surface area contributed by atoms with Crippen molar-refractivity contribution in [2.24, 2.45) is 12.5 Å². The number of aromatic nitrogens is 2. The lowest BCUT2D eigenvalue weighted by Crippen LogP contribution is -2.29. The second-order valence-corrected chi connectivity index (χ2v) is 4.99. The molecule has 0 bridgehead atoms. The Labute approximate surface area is 100 Å². The predicted molar refractivity (Wildman–Crippen MR) is 61.6 cm³/mol. The summed E-state index contributed by atoms with van der Waals surface area (Å²) in [6, 6.07) is 0. The maximum atomic E-state index is 9.51. The maximum absolute atomic E-state index is 9.51. The molecule has 0 aromatic carbocycles. The number of nitrogens with zero attached hydrogens (tertiary/aromatic N) is 2. The number of ether oxygens (including phenoxy) is 1. The van der Waals surface area contributed by atoms with E-state index >= 15 is 0 Å². The number of aryl methyl sites for hydroxylation is 2. The Bertz CT molecular complexity index is 384. The van der Waals surface area contributed by atoms with Gasteiger partial charge in [0.2, 0.25) is 0 Å². The van der Waals surface area contributed by atoms with Gasteiger partial charge in [0, 0.05) is 25.5 Å². The summed E-state index contributed by atoms with van der Waals surface area (Å²) in [6.45, 7) is 3.34. The van der Waals surface area contributed by atoms with Crippen LogP contribution >= 0.6 is 11.6 Å². The molecule has 1 aliphatic heterocycles. The van der Waals surface area contributed by atoms with Gasteiger partial charge in [0.15, 0.2) is 0 Å². The van der Waals surface area contributed by atoms with Crippen LogP contribution < -0.4 is 0 Å². The number of halogens is 1. The van der Waals surface area contributed by atoms with Crippen LogP contribution in [-0.4, -0.2) is 34.7 Å². The van der Waals surface area contributed by atoms with Crippen molar-refractivity contribution in [1.29, 1.82) is 0 Å². The highest BCUT2D eigenvalue weighted by atomic mass is 35.5. The van der Waals surface area contributed by atoms with Crippen LogP contribution in [0.25, 0.3) is 0 Å². The third-order valence-electron chi connectivity index (χ3n) is 3.32. The van der Waals surface area contributed by atoms with E-state index in [4.69, 9.17) is 16.3 Å². The normalized spacial score (nSPS) is 25.2. The summed E-state index contributed by atoms with van der Waals surface area (Å²) in [7, 11) is 1.88. The molecular weight excluding hydrogens is 228 g/mol. The Morgan fingerprint density at radius 1 is 1.62 bits per heavy atom. The predicted octanol–water partition coefficient (Wildman–Crippen LogP) is 1.32. The smallest absolute Gasteiger partial charge is 0.0847 e. The van der Waals surface area contributed by atoms with Gasteiger partial charge in [0.1, 0.15) is 0 Å². The fourth-order valence-electron chi connectivity index (χ4n) is 2.20. The molecule has 1 saturated heterocycles. The highest BCUT2D eigenvalue weighted by Gasteiger charge is 2.36. The first-order chi connectivity index (χ1) is 7.58. The summed E-state index contributed by atoms with van der Waals surface area (Å²) >= 11 is 6.21. The van der Waals surface area contributed by atoms with E-state index in [2.05, 4.69) is 5.10 Å². The monoisotopic (exact) mass is 244 g/mol. The molecule has 0 amide bonds. The Morgan fingerprint density at radius 3 is 2.81 bits per heavy atom. The van der Waals surface area contributed by atoms with Gasteiger partial charge in [-0.3, -0.25) is 4.68 Å². The average Bonchev–Trinajstić information content (AvgIpc) is 2.81. The van der Waals surface area contributed by atoms with E-state index in [1.807, 2.05) is 14.0 Å². The number of aliphatic hydroxyl groups is 1. The molecule has 2 rings (SSSR count). The molecule has 90 valence electrons. The molecule has 1 aromatic rings. The van der Waals surface area contributed by atoms with Gasteiger partial charge >= 0.3 is 0 Å². The second-order valence-electron chi connectivity index (χ2n) is 4.61. The van der Waals surface area contributed by atoms with E-state index in [1.165, 1.54) is 0 Å². The molecule has 2 heterocycles. The molecular formula is C11H17ClN2O2. The Hall–Kier alpha value is -0.580. The first-order valence-corrected chi connectivity index (χ1v) is 5.82. The first-order valence-electron chi connectivity index (χ1n) is 5.44. The van der Waals surface area contributed by atoms with E-state index in [9.17, 15) is 5.11 Å². The summed E-state index contributed by atoms with van der Waals surface area (Å²) < 4.78 is 7.18. The molecule has 1 unspecified atom stereocenters. The van der Waals surface area contributed by atoms with Crippen molar-refractivity contribution < 1.29 is 9.84 Å². The molecule has 1 aromatic heterocycles. The fraction of sp³-hybridized carbons (Fsp3) is 0.727. The van der Waals surface area contributed by atoms with Crippen molar-refractivity contribution in [2.75, 3.05) is 19.8 Å². The zero-order valence-electron chi connectivity index (χ0n) is 9.66. The molecule has 5 heteroatoms. The summed E-state index contributed by atoms with van der Waals surface area (Å²) in [4.78, 5) is 0. The van der Waals surface area contributed by atoms with Gasteiger partial charge in [-0.25, -0.2) is 0 Å². The Balaban J connectivity index is 2.25. The number of rotatable bonds is 3. The molecule has 0 saturated carbocycles. The molecule has 16 heavy (non-hydrogen) atoms.